The van der Waals surface area contributed by atoms with Crippen LogP contribution < -0.4 is 14.8 Å². The molecule has 1 spiro atoms. The van der Waals surface area contributed by atoms with Gasteiger partial charge in [0.05, 0.1) is 19.2 Å². The maximum Gasteiger partial charge on any atom is 0.258 e. The van der Waals surface area contributed by atoms with E-state index in [1.165, 1.54) is 0 Å². The van der Waals surface area contributed by atoms with Crippen molar-refractivity contribution in [3.05, 3.63) is 54.1 Å². The van der Waals surface area contributed by atoms with E-state index in [1.807, 2.05) is 18.2 Å². The summed E-state index contributed by atoms with van der Waals surface area (Å²) in [4.78, 5) is 29.9. The van der Waals surface area contributed by atoms with E-state index in [9.17, 15) is 9.59 Å². The summed E-state index contributed by atoms with van der Waals surface area (Å²) in [6.45, 7) is 2.15. The molecule has 1 N–H and O–H groups in total. The largest absolute Gasteiger partial charge is 0.497 e. The first-order chi connectivity index (χ1) is 14.5. The van der Waals surface area contributed by atoms with E-state index in [1.54, 1.807) is 42.3 Å². The first kappa shape index (κ1) is 20.2. The van der Waals surface area contributed by atoms with Gasteiger partial charge in [0, 0.05) is 31.6 Å². The normalized spacial score (nSPS) is 18.3. The number of fused-ring (bicyclic) bond motifs is 1. The van der Waals surface area contributed by atoms with Gasteiger partial charge in [-0.1, -0.05) is 12.1 Å². The Hall–Kier alpha value is -3.06. The zero-order chi connectivity index (χ0) is 21.1. The third-order valence-electron chi connectivity index (χ3n) is 5.82. The SMILES string of the molecule is COc1ccc(NC(=O)CN2CC3(CCN(C)CC3)Oc3ccccc3C2=O)cc1. The van der Waals surface area contributed by atoms with E-state index < -0.39 is 5.60 Å². The number of anilines is 1. The van der Waals surface area contributed by atoms with Gasteiger partial charge in [-0.2, -0.15) is 0 Å². The summed E-state index contributed by atoms with van der Waals surface area (Å²) >= 11 is 0. The third-order valence-corrected chi connectivity index (χ3v) is 5.82. The van der Waals surface area contributed by atoms with Crippen molar-refractivity contribution >= 4 is 17.5 Å². The Bertz CT molecular complexity index is 920. The minimum Gasteiger partial charge on any atom is -0.497 e. The molecular formula is C23H27N3O4. The molecule has 0 bridgehead atoms. The van der Waals surface area contributed by atoms with Crippen LogP contribution in [0.5, 0.6) is 11.5 Å². The van der Waals surface area contributed by atoms with Crippen molar-refractivity contribution in [2.45, 2.75) is 18.4 Å². The minimum absolute atomic E-state index is 0.0276. The molecule has 7 heteroatoms. The third kappa shape index (κ3) is 4.26. The Labute approximate surface area is 176 Å². The van der Waals surface area contributed by atoms with Crippen molar-refractivity contribution in [1.29, 1.82) is 0 Å². The molecule has 0 radical (unpaired) electrons. The fourth-order valence-corrected chi connectivity index (χ4v) is 4.05. The first-order valence-corrected chi connectivity index (χ1v) is 10.2. The van der Waals surface area contributed by atoms with Crippen LogP contribution in [0.25, 0.3) is 0 Å². The molecule has 2 amide bonds. The Kier molecular flexibility index (Phi) is 5.63. The van der Waals surface area contributed by atoms with E-state index in [0.29, 0.717) is 29.3 Å². The van der Waals surface area contributed by atoms with Gasteiger partial charge in [-0.25, -0.2) is 0 Å². The van der Waals surface area contributed by atoms with Gasteiger partial charge < -0.3 is 24.6 Å². The minimum atomic E-state index is -0.477. The van der Waals surface area contributed by atoms with Crippen molar-refractivity contribution in [2.24, 2.45) is 0 Å². The Morgan fingerprint density at radius 2 is 1.83 bits per heavy atom. The second-order valence-corrected chi connectivity index (χ2v) is 8.02. The van der Waals surface area contributed by atoms with Crippen LogP contribution in [-0.2, 0) is 4.79 Å². The lowest BCUT2D eigenvalue weighted by atomic mass is 9.90. The number of nitrogens with one attached hydrogen (secondary N) is 1. The van der Waals surface area contributed by atoms with Crippen LogP contribution in [-0.4, -0.2) is 67.6 Å². The maximum absolute atomic E-state index is 13.2. The predicted octanol–water partition coefficient (Wildman–Crippen LogP) is 2.63. The lowest BCUT2D eigenvalue weighted by Gasteiger charge is -2.41. The molecule has 0 aromatic heterocycles. The number of amides is 2. The summed E-state index contributed by atoms with van der Waals surface area (Å²) in [7, 11) is 3.68. The average molecular weight is 409 g/mol. The summed E-state index contributed by atoms with van der Waals surface area (Å²) < 4.78 is 11.6. The van der Waals surface area contributed by atoms with Crippen LogP contribution in [0.15, 0.2) is 48.5 Å². The van der Waals surface area contributed by atoms with Crippen molar-refractivity contribution in [2.75, 3.05) is 45.7 Å². The van der Waals surface area contributed by atoms with Gasteiger partial charge in [0.25, 0.3) is 5.91 Å². The number of likely N-dealkylation sites (tertiary alicyclic amines) is 1. The maximum atomic E-state index is 13.2. The quantitative estimate of drug-likeness (QED) is 0.841. The molecule has 2 aromatic carbocycles. The monoisotopic (exact) mass is 409 g/mol. The van der Waals surface area contributed by atoms with E-state index in [0.717, 1.165) is 25.9 Å². The van der Waals surface area contributed by atoms with E-state index >= 15 is 0 Å². The van der Waals surface area contributed by atoms with Crippen molar-refractivity contribution < 1.29 is 19.1 Å². The van der Waals surface area contributed by atoms with E-state index in [4.69, 9.17) is 9.47 Å². The molecule has 0 unspecified atom stereocenters. The van der Waals surface area contributed by atoms with Crippen molar-refractivity contribution in [1.82, 2.24) is 9.80 Å². The Morgan fingerprint density at radius 3 is 2.53 bits per heavy atom. The zero-order valence-electron chi connectivity index (χ0n) is 17.4. The highest BCUT2D eigenvalue weighted by molar-refractivity contribution is 6.01. The second kappa shape index (κ2) is 8.36. The number of carbonyl (C=O) groups excluding carboxylic acids is 2. The zero-order valence-corrected chi connectivity index (χ0v) is 17.4. The molecule has 2 aliphatic rings. The Balaban J connectivity index is 1.54. The highest BCUT2D eigenvalue weighted by atomic mass is 16.5. The van der Waals surface area contributed by atoms with Gasteiger partial charge >= 0.3 is 0 Å². The first-order valence-electron chi connectivity index (χ1n) is 10.2. The van der Waals surface area contributed by atoms with Crippen LogP contribution in [0.2, 0.25) is 0 Å². The summed E-state index contributed by atoms with van der Waals surface area (Å²) in [5, 5.41) is 2.87. The number of carbonyl (C=O) groups is 2. The van der Waals surface area contributed by atoms with Gasteiger partial charge in [0.15, 0.2) is 0 Å². The molecule has 2 heterocycles. The molecule has 30 heavy (non-hydrogen) atoms. The molecule has 1 fully saturated rings. The van der Waals surface area contributed by atoms with Crippen LogP contribution >= 0.6 is 0 Å². The number of benzene rings is 2. The van der Waals surface area contributed by atoms with Crippen molar-refractivity contribution in [3.8, 4) is 11.5 Å². The highest BCUT2D eigenvalue weighted by Crippen LogP contribution is 2.35. The van der Waals surface area contributed by atoms with E-state index in [2.05, 4.69) is 17.3 Å². The molecule has 2 aliphatic heterocycles. The number of piperidine rings is 1. The molecule has 7 nitrogen and oxygen atoms in total. The summed E-state index contributed by atoms with van der Waals surface area (Å²) in [6, 6.07) is 14.4. The van der Waals surface area contributed by atoms with Crippen LogP contribution in [0.3, 0.4) is 0 Å². The Morgan fingerprint density at radius 1 is 1.13 bits per heavy atom. The predicted molar refractivity (Wildman–Crippen MR) is 114 cm³/mol. The lowest BCUT2D eigenvalue weighted by Crippen LogP contribution is -2.54. The van der Waals surface area contributed by atoms with Gasteiger partial charge in [0.1, 0.15) is 23.6 Å². The number of hydrogen-bond donors (Lipinski definition) is 1. The smallest absolute Gasteiger partial charge is 0.258 e. The van der Waals surface area contributed by atoms with Gasteiger partial charge in [-0.15, -0.1) is 0 Å². The van der Waals surface area contributed by atoms with Crippen LogP contribution in [0.4, 0.5) is 5.69 Å². The number of nitrogens with zero attached hydrogens (tertiary/aromatic N) is 2. The number of methoxy groups -OCH3 is 1. The second-order valence-electron chi connectivity index (χ2n) is 8.02. The average Bonchev–Trinajstić information content (AvgIpc) is 2.86. The van der Waals surface area contributed by atoms with Crippen molar-refractivity contribution in [3.63, 3.8) is 0 Å². The standard InChI is InChI=1S/C23H27N3O4/c1-25-13-11-23(12-14-25)16-26(22(28)19-5-3-4-6-20(19)30-23)15-21(27)24-17-7-9-18(29-2)10-8-17/h3-10H,11-16H2,1-2H3,(H,24,27). The molecule has 2 aromatic rings. The molecule has 0 atom stereocenters. The lowest BCUT2D eigenvalue weighted by molar-refractivity contribution is -0.117. The fraction of sp³-hybridized carbons (Fsp3) is 0.391. The summed E-state index contributed by atoms with van der Waals surface area (Å²) in [5.74, 6) is 0.904. The number of para-hydroxylation sites is 1. The molecule has 4 rings (SSSR count). The molecule has 0 saturated carbocycles. The molecule has 158 valence electrons. The van der Waals surface area contributed by atoms with Gasteiger partial charge in [-0.05, 0) is 43.4 Å². The highest BCUT2D eigenvalue weighted by Gasteiger charge is 2.42. The summed E-state index contributed by atoms with van der Waals surface area (Å²) in [5.41, 5.74) is 0.689. The molecule has 0 aliphatic carbocycles. The van der Waals surface area contributed by atoms with Crippen LogP contribution in [0.1, 0.15) is 23.2 Å². The molecule has 1 saturated heterocycles. The van der Waals surface area contributed by atoms with Gasteiger partial charge in [-0.3, -0.25) is 9.59 Å². The topological polar surface area (TPSA) is 71.1 Å². The van der Waals surface area contributed by atoms with Gasteiger partial charge in [0.2, 0.25) is 5.91 Å². The number of hydrogen-bond acceptors (Lipinski definition) is 5. The molecular weight excluding hydrogens is 382 g/mol. The fourth-order valence-electron chi connectivity index (χ4n) is 4.05. The van der Waals surface area contributed by atoms with E-state index in [-0.39, 0.29) is 18.4 Å². The summed E-state index contributed by atoms with van der Waals surface area (Å²) in [6.07, 6.45) is 1.61. The van der Waals surface area contributed by atoms with Crippen LogP contribution in [0, 0.1) is 0 Å². The number of rotatable bonds is 4. The number of ether oxygens (including phenoxy) is 2.